The maximum Gasteiger partial charge on any atom is 0.166 e. The molecule has 5 heteroatoms. The van der Waals surface area contributed by atoms with Gasteiger partial charge in [0.25, 0.3) is 0 Å². The van der Waals surface area contributed by atoms with Crippen LogP contribution >= 0.6 is 12.2 Å². The summed E-state index contributed by atoms with van der Waals surface area (Å²) in [5, 5.41) is 7.01. The van der Waals surface area contributed by atoms with Crippen LogP contribution in [0.1, 0.15) is 18.4 Å². The van der Waals surface area contributed by atoms with Gasteiger partial charge in [0.15, 0.2) is 5.11 Å². The summed E-state index contributed by atoms with van der Waals surface area (Å²) in [7, 11) is 0. The second kappa shape index (κ2) is 6.51. The van der Waals surface area contributed by atoms with Crippen molar-refractivity contribution < 1.29 is 4.74 Å². The van der Waals surface area contributed by atoms with Gasteiger partial charge in [0, 0.05) is 32.1 Å². The highest BCUT2D eigenvalue weighted by atomic mass is 32.1. The molecule has 1 atom stereocenters. The molecule has 92 valence electrons. The quantitative estimate of drug-likeness (QED) is 0.788. The summed E-state index contributed by atoms with van der Waals surface area (Å²) in [5.41, 5.74) is 1.17. The predicted octanol–water partition coefficient (Wildman–Crippen LogP) is 1.22. The zero-order valence-electron chi connectivity index (χ0n) is 9.69. The zero-order chi connectivity index (χ0) is 11.9. The lowest BCUT2D eigenvalue weighted by molar-refractivity contribution is 0.114. The summed E-state index contributed by atoms with van der Waals surface area (Å²) in [6.07, 6.45) is 6.15. The summed E-state index contributed by atoms with van der Waals surface area (Å²) in [6, 6.07) is 3.94. The average molecular weight is 251 g/mol. The van der Waals surface area contributed by atoms with Crippen LogP contribution in [0.5, 0.6) is 0 Å². The van der Waals surface area contributed by atoms with Crippen molar-refractivity contribution in [1.29, 1.82) is 0 Å². The van der Waals surface area contributed by atoms with Crippen molar-refractivity contribution in [3.05, 3.63) is 30.1 Å². The molecule has 1 aliphatic rings. The van der Waals surface area contributed by atoms with Gasteiger partial charge < -0.3 is 15.4 Å². The molecule has 1 unspecified atom stereocenters. The Balaban J connectivity index is 1.64. The van der Waals surface area contributed by atoms with E-state index in [2.05, 4.69) is 15.6 Å². The number of nitrogens with zero attached hydrogens (tertiary/aromatic N) is 1. The molecule has 2 N–H and O–H groups in total. The maximum atomic E-state index is 5.51. The van der Waals surface area contributed by atoms with Gasteiger partial charge in [-0.05, 0) is 42.8 Å². The van der Waals surface area contributed by atoms with Crippen LogP contribution in [0.25, 0.3) is 0 Å². The number of rotatable bonds is 4. The molecular formula is C12H17N3OS. The van der Waals surface area contributed by atoms with Gasteiger partial charge in [0.05, 0.1) is 6.10 Å². The summed E-state index contributed by atoms with van der Waals surface area (Å²) < 4.78 is 5.51. The second-order valence-electron chi connectivity index (χ2n) is 4.05. The molecule has 1 fully saturated rings. The van der Waals surface area contributed by atoms with Crippen LogP contribution in [-0.2, 0) is 11.3 Å². The Labute approximate surface area is 107 Å². The lowest BCUT2D eigenvalue weighted by atomic mass is 10.2. The van der Waals surface area contributed by atoms with Crippen LogP contribution in [0, 0.1) is 0 Å². The Kier molecular flexibility index (Phi) is 4.70. The Morgan fingerprint density at radius 1 is 1.41 bits per heavy atom. The molecule has 1 aromatic heterocycles. The van der Waals surface area contributed by atoms with Crippen molar-refractivity contribution in [1.82, 2.24) is 15.6 Å². The first-order chi connectivity index (χ1) is 8.34. The van der Waals surface area contributed by atoms with Gasteiger partial charge in [-0.3, -0.25) is 4.98 Å². The van der Waals surface area contributed by atoms with Crippen LogP contribution in [0.2, 0.25) is 0 Å². The highest BCUT2D eigenvalue weighted by Crippen LogP contribution is 2.10. The van der Waals surface area contributed by atoms with Crippen LogP contribution in [0.15, 0.2) is 24.5 Å². The van der Waals surface area contributed by atoms with Crippen molar-refractivity contribution in [2.24, 2.45) is 0 Å². The fourth-order valence-electron chi connectivity index (χ4n) is 1.76. The molecule has 0 aliphatic carbocycles. The number of nitrogens with one attached hydrogen (secondary N) is 2. The number of ether oxygens (including phenoxy) is 1. The summed E-state index contributed by atoms with van der Waals surface area (Å²) in [6.45, 7) is 2.39. The summed E-state index contributed by atoms with van der Waals surface area (Å²) in [4.78, 5) is 3.97. The molecular weight excluding hydrogens is 234 g/mol. The van der Waals surface area contributed by atoms with Crippen LogP contribution in [0.3, 0.4) is 0 Å². The van der Waals surface area contributed by atoms with Gasteiger partial charge in [-0.15, -0.1) is 0 Å². The molecule has 4 nitrogen and oxygen atoms in total. The lowest BCUT2D eigenvalue weighted by Crippen LogP contribution is -2.39. The monoisotopic (exact) mass is 251 g/mol. The third kappa shape index (κ3) is 4.28. The molecule has 0 radical (unpaired) electrons. The standard InChI is InChI=1S/C12H17N3OS/c17-12(15-9-11-2-1-7-16-11)14-8-10-3-5-13-6-4-10/h3-6,11H,1-2,7-9H2,(H2,14,15,17). The van der Waals surface area contributed by atoms with E-state index in [1.54, 1.807) is 12.4 Å². The van der Waals surface area contributed by atoms with Gasteiger partial charge in [-0.25, -0.2) is 0 Å². The highest BCUT2D eigenvalue weighted by Gasteiger charge is 2.14. The molecule has 2 heterocycles. The van der Waals surface area contributed by atoms with Gasteiger partial charge in [0.2, 0.25) is 0 Å². The Hall–Kier alpha value is -1.20. The number of hydrogen-bond acceptors (Lipinski definition) is 3. The molecule has 0 aromatic carbocycles. The molecule has 2 rings (SSSR count). The van der Waals surface area contributed by atoms with Gasteiger partial charge in [-0.1, -0.05) is 0 Å². The SMILES string of the molecule is S=C(NCc1ccncc1)NCC1CCCO1. The number of aromatic nitrogens is 1. The Bertz CT molecular complexity index is 352. The van der Waals surface area contributed by atoms with E-state index in [1.807, 2.05) is 12.1 Å². The van der Waals surface area contributed by atoms with Crippen LogP contribution in [-0.4, -0.2) is 29.4 Å². The van der Waals surface area contributed by atoms with E-state index in [0.717, 1.165) is 32.5 Å². The van der Waals surface area contributed by atoms with Crippen molar-refractivity contribution >= 4 is 17.3 Å². The number of thiocarbonyl (C=S) groups is 1. The molecule has 1 aliphatic heterocycles. The van der Waals surface area contributed by atoms with Crippen molar-refractivity contribution in [2.45, 2.75) is 25.5 Å². The maximum absolute atomic E-state index is 5.51. The van der Waals surface area contributed by atoms with Gasteiger partial charge in [0.1, 0.15) is 0 Å². The lowest BCUT2D eigenvalue weighted by Gasteiger charge is -2.13. The fraction of sp³-hybridized carbons (Fsp3) is 0.500. The van der Waals surface area contributed by atoms with Crippen LogP contribution < -0.4 is 10.6 Å². The molecule has 0 spiro atoms. The topological polar surface area (TPSA) is 46.2 Å². The van der Waals surface area contributed by atoms with E-state index in [-0.39, 0.29) is 0 Å². The third-order valence-corrected chi connectivity index (χ3v) is 3.01. The molecule has 17 heavy (non-hydrogen) atoms. The molecule has 0 saturated carbocycles. The number of pyridine rings is 1. The first-order valence-corrected chi connectivity index (χ1v) is 6.27. The van der Waals surface area contributed by atoms with E-state index < -0.39 is 0 Å². The molecule has 1 aromatic rings. The molecule has 0 amide bonds. The van der Waals surface area contributed by atoms with E-state index in [1.165, 1.54) is 5.56 Å². The third-order valence-electron chi connectivity index (χ3n) is 2.72. The summed E-state index contributed by atoms with van der Waals surface area (Å²) >= 11 is 5.19. The minimum absolute atomic E-state index is 0.315. The highest BCUT2D eigenvalue weighted by molar-refractivity contribution is 7.80. The Morgan fingerprint density at radius 2 is 2.24 bits per heavy atom. The van der Waals surface area contributed by atoms with E-state index >= 15 is 0 Å². The van der Waals surface area contributed by atoms with Crippen LogP contribution in [0.4, 0.5) is 0 Å². The smallest absolute Gasteiger partial charge is 0.166 e. The first-order valence-electron chi connectivity index (χ1n) is 5.87. The van der Waals surface area contributed by atoms with Crippen molar-refractivity contribution in [2.75, 3.05) is 13.2 Å². The average Bonchev–Trinajstić information content (AvgIpc) is 2.88. The molecule has 1 saturated heterocycles. The molecule has 0 bridgehead atoms. The minimum atomic E-state index is 0.315. The predicted molar refractivity (Wildman–Crippen MR) is 70.7 cm³/mol. The van der Waals surface area contributed by atoms with Gasteiger partial charge in [-0.2, -0.15) is 0 Å². The van der Waals surface area contributed by atoms with Crippen molar-refractivity contribution in [3.8, 4) is 0 Å². The first kappa shape index (κ1) is 12.3. The summed E-state index contributed by atoms with van der Waals surface area (Å²) in [5.74, 6) is 0. The largest absolute Gasteiger partial charge is 0.376 e. The number of hydrogen-bond donors (Lipinski definition) is 2. The fourth-order valence-corrected chi connectivity index (χ4v) is 1.91. The van der Waals surface area contributed by atoms with E-state index in [0.29, 0.717) is 11.2 Å². The zero-order valence-corrected chi connectivity index (χ0v) is 10.5. The normalized spacial score (nSPS) is 18.9. The van der Waals surface area contributed by atoms with E-state index in [4.69, 9.17) is 17.0 Å². The second-order valence-corrected chi connectivity index (χ2v) is 4.46. The van der Waals surface area contributed by atoms with Crippen molar-refractivity contribution in [3.63, 3.8) is 0 Å². The minimum Gasteiger partial charge on any atom is -0.376 e. The van der Waals surface area contributed by atoms with E-state index in [9.17, 15) is 0 Å². The van der Waals surface area contributed by atoms with Gasteiger partial charge >= 0.3 is 0 Å². The Morgan fingerprint density at radius 3 is 2.94 bits per heavy atom.